The second-order valence-electron chi connectivity index (χ2n) is 5.46. The molecular formula is C19H17N3O3. The summed E-state index contributed by atoms with van der Waals surface area (Å²) in [5, 5.41) is 9.85. The monoisotopic (exact) mass is 335 g/mol. The van der Waals surface area contributed by atoms with Crippen LogP contribution in [0, 0.1) is 11.3 Å². The first-order valence-corrected chi connectivity index (χ1v) is 7.78. The van der Waals surface area contributed by atoms with E-state index in [0.29, 0.717) is 35.4 Å². The zero-order valence-electron chi connectivity index (χ0n) is 14.0. The predicted octanol–water partition coefficient (Wildman–Crippen LogP) is 2.53. The van der Waals surface area contributed by atoms with Gasteiger partial charge in [0.15, 0.2) is 11.5 Å². The maximum Gasteiger partial charge on any atom is 0.262 e. The number of rotatable bonds is 5. The smallest absolute Gasteiger partial charge is 0.262 e. The predicted molar refractivity (Wildman–Crippen MR) is 94.0 cm³/mol. The molecule has 0 unspecified atom stereocenters. The second-order valence-corrected chi connectivity index (χ2v) is 5.46. The number of nitrogens with zero attached hydrogens (tertiary/aromatic N) is 3. The lowest BCUT2D eigenvalue weighted by atomic mass is 10.1. The average molecular weight is 335 g/mol. The molecule has 3 aromatic rings. The summed E-state index contributed by atoms with van der Waals surface area (Å²) in [6, 6.07) is 14.6. The summed E-state index contributed by atoms with van der Waals surface area (Å²) in [6.45, 7) is 0.356. The number of hydrogen-bond acceptors (Lipinski definition) is 5. The number of benzene rings is 2. The fourth-order valence-corrected chi connectivity index (χ4v) is 2.74. The molecule has 1 aromatic heterocycles. The first-order chi connectivity index (χ1) is 12.2. The lowest BCUT2D eigenvalue weighted by molar-refractivity contribution is 0.354. The van der Waals surface area contributed by atoms with Gasteiger partial charge < -0.3 is 9.47 Å². The van der Waals surface area contributed by atoms with E-state index in [2.05, 4.69) is 4.98 Å². The van der Waals surface area contributed by atoms with Crippen LogP contribution in [-0.2, 0) is 13.0 Å². The third-order valence-electron chi connectivity index (χ3n) is 4.03. The molecule has 2 aromatic carbocycles. The highest BCUT2D eigenvalue weighted by Gasteiger charge is 2.11. The van der Waals surface area contributed by atoms with Gasteiger partial charge in [0.1, 0.15) is 6.07 Å². The maximum atomic E-state index is 12.7. The van der Waals surface area contributed by atoms with Gasteiger partial charge in [-0.2, -0.15) is 5.26 Å². The van der Waals surface area contributed by atoms with Gasteiger partial charge in [-0.25, -0.2) is 4.98 Å². The van der Waals surface area contributed by atoms with Gasteiger partial charge >= 0.3 is 0 Å². The molecule has 6 heteroatoms. The molecule has 1 heterocycles. The molecule has 0 aliphatic carbocycles. The third-order valence-corrected chi connectivity index (χ3v) is 4.03. The SMILES string of the molecule is COc1ccc(CCn2c(C#N)nc3ccccc3c2=O)cc1OC. The van der Waals surface area contributed by atoms with E-state index >= 15 is 0 Å². The number of nitriles is 1. The van der Waals surface area contributed by atoms with E-state index in [1.165, 1.54) is 4.57 Å². The fraction of sp³-hybridized carbons (Fsp3) is 0.211. The number of ether oxygens (including phenoxy) is 2. The molecule has 0 bridgehead atoms. The molecule has 3 rings (SSSR count). The Morgan fingerprint density at radius 3 is 2.60 bits per heavy atom. The third kappa shape index (κ3) is 3.17. The van der Waals surface area contributed by atoms with Gasteiger partial charge in [0, 0.05) is 6.54 Å². The minimum Gasteiger partial charge on any atom is -0.493 e. The van der Waals surface area contributed by atoms with Crippen LogP contribution >= 0.6 is 0 Å². The number of hydrogen-bond donors (Lipinski definition) is 0. The van der Waals surface area contributed by atoms with Crippen LogP contribution in [0.3, 0.4) is 0 Å². The first kappa shape index (κ1) is 16.5. The minimum atomic E-state index is -0.206. The zero-order valence-corrected chi connectivity index (χ0v) is 14.0. The van der Waals surface area contributed by atoms with Crippen LogP contribution in [0.15, 0.2) is 47.3 Å². The molecule has 6 nitrogen and oxygen atoms in total. The van der Waals surface area contributed by atoms with E-state index in [-0.39, 0.29) is 11.4 Å². The van der Waals surface area contributed by atoms with Crippen LogP contribution in [0.1, 0.15) is 11.4 Å². The quantitative estimate of drug-likeness (QED) is 0.716. The maximum absolute atomic E-state index is 12.7. The van der Waals surface area contributed by atoms with Crippen molar-refractivity contribution in [2.75, 3.05) is 14.2 Å². The topological polar surface area (TPSA) is 77.1 Å². The molecule has 0 aliphatic heterocycles. The van der Waals surface area contributed by atoms with Gasteiger partial charge in [0.25, 0.3) is 5.56 Å². The molecule has 0 aliphatic rings. The number of fused-ring (bicyclic) bond motifs is 1. The van der Waals surface area contributed by atoms with Gasteiger partial charge in [-0.05, 0) is 36.2 Å². The molecule has 126 valence electrons. The highest BCUT2D eigenvalue weighted by atomic mass is 16.5. The molecule has 0 N–H and O–H groups in total. The number of para-hydroxylation sites is 1. The molecule has 0 amide bonds. The van der Waals surface area contributed by atoms with Crippen LogP contribution in [0.4, 0.5) is 0 Å². The molecule has 0 spiro atoms. The van der Waals surface area contributed by atoms with Crippen LogP contribution in [-0.4, -0.2) is 23.8 Å². The minimum absolute atomic E-state index is 0.115. The summed E-state index contributed by atoms with van der Waals surface area (Å²) in [4.78, 5) is 17.0. The van der Waals surface area contributed by atoms with Gasteiger partial charge in [-0.1, -0.05) is 18.2 Å². The molecular weight excluding hydrogens is 318 g/mol. The number of aromatic nitrogens is 2. The van der Waals surface area contributed by atoms with Crippen molar-refractivity contribution in [1.29, 1.82) is 5.26 Å². The van der Waals surface area contributed by atoms with Crippen molar-refractivity contribution in [1.82, 2.24) is 9.55 Å². The van der Waals surface area contributed by atoms with Gasteiger partial charge in [0.2, 0.25) is 5.82 Å². The lowest BCUT2D eigenvalue weighted by Crippen LogP contribution is -2.25. The Kier molecular flexibility index (Phi) is 4.66. The van der Waals surface area contributed by atoms with E-state index in [0.717, 1.165) is 5.56 Å². The summed E-state index contributed by atoms with van der Waals surface area (Å²) < 4.78 is 11.9. The molecule has 25 heavy (non-hydrogen) atoms. The summed E-state index contributed by atoms with van der Waals surface area (Å²) >= 11 is 0. The van der Waals surface area contributed by atoms with Crippen molar-refractivity contribution in [2.24, 2.45) is 0 Å². The molecule has 0 atom stereocenters. The number of methoxy groups -OCH3 is 2. The van der Waals surface area contributed by atoms with Crippen molar-refractivity contribution < 1.29 is 9.47 Å². The summed E-state index contributed by atoms with van der Waals surface area (Å²) in [5.41, 5.74) is 1.30. The van der Waals surface area contributed by atoms with Crippen LogP contribution in [0.2, 0.25) is 0 Å². The first-order valence-electron chi connectivity index (χ1n) is 7.78. The van der Waals surface area contributed by atoms with Gasteiger partial charge in [-0.3, -0.25) is 9.36 Å². The Bertz CT molecular complexity index is 1020. The largest absolute Gasteiger partial charge is 0.493 e. The van der Waals surface area contributed by atoms with Crippen molar-refractivity contribution in [3.63, 3.8) is 0 Å². The van der Waals surface area contributed by atoms with Gasteiger partial charge in [-0.15, -0.1) is 0 Å². The summed E-state index contributed by atoms with van der Waals surface area (Å²) in [5.74, 6) is 1.39. The van der Waals surface area contributed by atoms with Crippen molar-refractivity contribution in [3.05, 3.63) is 64.2 Å². The summed E-state index contributed by atoms with van der Waals surface area (Å²) in [6.07, 6.45) is 0.564. The Balaban J connectivity index is 1.95. The van der Waals surface area contributed by atoms with Crippen LogP contribution in [0.25, 0.3) is 10.9 Å². The van der Waals surface area contributed by atoms with E-state index in [1.54, 1.807) is 38.5 Å². The van der Waals surface area contributed by atoms with E-state index in [9.17, 15) is 10.1 Å². The summed E-state index contributed by atoms with van der Waals surface area (Å²) in [7, 11) is 3.16. The van der Waals surface area contributed by atoms with Gasteiger partial charge in [0.05, 0.1) is 25.1 Å². The Hall–Kier alpha value is -3.33. The molecule has 0 fully saturated rings. The Labute approximate surface area is 144 Å². The van der Waals surface area contributed by atoms with Crippen LogP contribution in [0.5, 0.6) is 11.5 Å². The van der Waals surface area contributed by atoms with E-state index in [1.807, 2.05) is 24.3 Å². The van der Waals surface area contributed by atoms with Crippen molar-refractivity contribution >= 4 is 10.9 Å². The molecule has 0 saturated carbocycles. The lowest BCUT2D eigenvalue weighted by Gasteiger charge is -2.11. The fourth-order valence-electron chi connectivity index (χ4n) is 2.74. The van der Waals surface area contributed by atoms with Crippen LogP contribution < -0.4 is 15.0 Å². The second kappa shape index (κ2) is 7.05. The van der Waals surface area contributed by atoms with E-state index < -0.39 is 0 Å². The molecule has 0 saturated heterocycles. The van der Waals surface area contributed by atoms with E-state index in [4.69, 9.17) is 9.47 Å². The normalized spacial score (nSPS) is 10.4. The number of aryl methyl sites for hydroxylation is 1. The Morgan fingerprint density at radius 1 is 1.12 bits per heavy atom. The van der Waals surface area contributed by atoms with Crippen molar-refractivity contribution in [2.45, 2.75) is 13.0 Å². The van der Waals surface area contributed by atoms with Crippen molar-refractivity contribution in [3.8, 4) is 17.6 Å². The highest BCUT2D eigenvalue weighted by Crippen LogP contribution is 2.27. The standard InChI is InChI=1S/C19H17N3O3/c1-24-16-8-7-13(11-17(16)25-2)9-10-22-18(12-20)21-15-6-4-3-5-14(15)19(22)23/h3-8,11H,9-10H2,1-2H3. The zero-order chi connectivity index (χ0) is 17.8. The Morgan fingerprint density at radius 2 is 1.88 bits per heavy atom. The molecule has 0 radical (unpaired) electrons. The highest BCUT2D eigenvalue weighted by molar-refractivity contribution is 5.77. The average Bonchev–Trinajstić information content (AvgIpc) is 2.66.